The number of anilines is 1. The lowest BCUT2D eigenvalue weighted by Crippen LogP contribution is -2.17. The first-order chi connectivity index (χ1) is 9.67. The number of hydrogen-bond acceptors (Lipinski definition) is 3. The van der Waals surface area contributed by atoms with Crippen molar-refractivity contribution in [1.82, 2.24) is 9.78 Å². The quantitative estimate of drug-likeness (QED) is 0.876. The second-order valence-electron chi connectivity index (χ2n) is 4.55. The number of hydrogen-bond donors (Lipinski definition) is 2. The molecule has 0 atom stereocenters. The molecule has 5 heteroatoms. The Balaban J connectivity index is 2.20. The van der Waals surface area contributed by atoms with E-state index in [9.17, 15) is 4.79 Å². The molecule has 1 aromatic heterocycles. The van der Waals surface area contributed by atoms with Crippen molar-refractivity contribution in [2.24, 2.45) is 5.73 Å². The van der Waals surface area contributed by atoms with Gasteiger partial charge in [-0.25, -0.2) is 0 Å². The van der Waals surface area contributed by atoms with Gasteiger partial charge in [-0.3, -0.25) is 9.48 Å². The van der Waals surface area contributed by atoms with E-state index in [4.69, 9.17) is 5.73 Å². The van der Waals surface area contributed by atoms with Crippen LogP contribution in [0.25, 0.3) is 0 Å². The summed E-state index contributed by atoms with van der Waals surface area (Å²) >= 11 is 0. The molecular formula is C15H20N4O. The minimum Gasteiger partial charge on any atom is -0.326 e. The summed E-state index contributed by atoms with van der Waals surface area (Å²) in [5.41, 5.74) is 8.85. The topological polar surface area (TPSA) is 72.9 Å². The standard InChI is InChI=1S/C15H20N4O/c1-3-12-9-14(19(4-2)18-12)15(20)17-13-7-5-6-11(8-13)10-16/h5-9H,3-4,10,16H2,1-2H3,(H,17,20). The first kappa shape index (κ1) is 14.3. The van der Waals surface area contributed by atoms with Gasteiger partial charge < -0.3 is 11.1 Å². The molecule has 0 bridgehead atoms. The highest BCUT2D eigenvalue weighted by Gasteiger charge is 2.14. The average Bonchev–Trinajstić information content (AvgIpc) is 2.91. The van der Waals surface area contributed by atoms with Crippen LogP contribution >= 0.6 is 0 Å². The number of benzene rings is 1. The van der Waals surface area contributed by atoms with Crippen LogP contribution in [0.3, 0.4) is 0 Å². The third kappa shape index (κ3) is 3.05. The van der Waals surface area contributed by atoms with Crippen molar-refractivity contribution in [3.05, 3.63) is 47.3 Å². The lowest BCUT2D eigenvalue weighted by Gasteiger charge is -2.07. The van der Waals surface area contributed by atoms with Crippen LogP contribution in [0, 0.1) is 0 Å². The van der Waals surface area contributed by atoms with Crippen LogP contribution in [0.15, 0.2) is 30.3 Å². The van der Waals surface area contributed by atoms with E-state index in [-0.39, 0.29) is 5.91 Å². The molecule has 2 aromatic rings. The maximum Gasteiger partial charge on any atom is 0.273 e. The smallest absolute Gasteiger partial charge is 0.273 e. The molecule has 0 spiro atoms. The number of rotatable bonds is 5. The van der Waals surface area contributed by atoms with Gasteiger partial charge in [0.1, 0.15) is 5.69 Å². The second-order valence-corrected chi connectivity index (χ2v) is 4.55. The Morgan fingerprint density at radius 3 is 2.80 bits per heavy atom. The van der Waals surface area contributed by atoms with Crippen molar-refractivity contribution >= 4 is 11.6 Å². The molecule has 106 valence electrons. The fourth-order valence-corrected chi connectivity index (χ4v) is 2.04. The Hall–Kier alpha value is -2.14. The van der Waals surface area contributed by atoms with Crippen LogP contribution in [-0.2, 0) is 19.5 Å². The van der Waals surface area contributed by atoms with Gasteiger partial charge in [-0.05, 0) is 37.1 Å². The summed E-state index contributed by atoms with van der Waals surface area (Å²) in [4.78, 5) is 12.3. The Kier molecular flexibility index (Phi) is 4.53. The Bertz CT molecular complexity index is 604. The van der Waals surface area contributed by atoms with E-state index in [0.717, 1.165) is 23.4 Å². The Labute approximate surface area is 118 Å². The number of carbonyl (C=O) groups excluding carboxylic acids is 1. The first-order valence-electron chi connectivity index (χ1n) is 6.85. The summed E-state index contributed by atoms with van der Waals surface area (Å²) in [7, 11) is 0. The lowest BCUT2D eigenvalue weighted by atomic mass is 10.2. The van der Waals surface area contributed by atoms with Gasteiger partial charge in [-0.15, -0.1) is 0 Å². The number of nitrogens with two attached hydrogens (primary N) is 1. The molecule has 5 nitrogen and oxygen atoms in total. The zero-order valence-corrected chi connectivity index (χ0v) is 11.9. The molecular weight excluding hydrogens is 252 g/mol. The van der Waals surface area contributed by atoms with Crippen molar-refractivity contribution in [2.75, 3.05) is 5.32 Å². The fraction of sp³-hybridized carbons (Fsp3) is 0.333. The maximum atomic E-state index is 12.3. The molecule has 0 saturated carbocycles. The van der Waals surface area contributed by atoms with E-state index in [0.29, 0.717) is 18.8 Å². The zero-order valence-electron chi connectivity index (χ0n) is 11.9. The number of amides is 1. The summed E-state index contributed by atoms with van der Waals surface area (Å²) in [5, 5.41) is 7.27. The lowest BCUT2D eigenvalue weighted by molar-refractivity contribution is 0.101. The van der Waals surface area contributed by atoms with Gasteiger partial charge >= 0.3 is 0 Å². The highest BCUT2D eigenvalue weighted by molar-refractivity contribution is 6.03. The summed E-state index contributed by atoms with van der Waals surface area (Å²) in [5.74, 6) is -0.145. The van der Waals surface area contributed by atoms with Crippen molar-refractivity contribution in [2.45, 2.75) is 33.4 Å². The molecule has 0 aliphatic carbocycles. The van der Waals surface area contributed by atoms with Gasteiger partial charge in [0.25, 0.3) is 5.91 Å². The molecule has 2 rings (SSSR count). The normalized spacial score (nSPS) is 10.6. The highest BCUT2D eigenvalue weighted by Crippen LogP contribution is 2.13. The van der Waals surface area contributed by atoms with E-state index >= 15 is 0 Å². The number of aryl methyl sites for hydroxylation is 2. The minimum atomic E-state index is -0.145. The molecule has 3 N–H and O–H groups in total. The van der Waals surface area contributed by atoms with E-state index < -0.39 is 0 Å². The maximum absolute atomic E-state index is 12.3. The Morgan fingerprint density at radius 1 is 1.35 bits per heavy atom. The highest BCUT2D eigenvalue weighted by atomic mass is 16.2. The molecule has 0 aliphatic rings. The molecule has 0 fully saturated rings. The van der Waals surface area contributed by atoms with Crippen molar-refractivity contribution in [1.29, 1.82) is 0 Å². The van der Waals surface area contributed by atoms with Crippen LogP contribution in [-0.4, -0.2) is 15.7 Å². The molecule has 1 heterocycles. The van der Waals surface area contributed by atoms with Crippen LogP contribution in [0.2, 0.25) is 0 Å². The second kappa shape index (κ2) is 6.34. The summed E-state index contributed by atoms with van der Waals surface area (Å²) in [6.45, 7) is 5.12. The van der Waals surface area contributed by atoms with Crippen molar-refractivity contribution < 1.29 is 4.79 Å². The molecule has 20 heavy (non-hydrogen) atoms. The van der Waals surface area contributed by atoms with E-state index in [1.54, 1.807) is 4.68 Å². The monoisotopic (exact) mass is 272 g/mol. The average molecular weight is 272 g/mol. The number of nitrogens with one attached hydrogen (secondary N) is 1. The van der Waals surface area contributed by atoms with Gasteiger partial charge in [-0.2, -0.15) is 5.10 Å². The van der Waals surface area contributed by atoms with Crippen LogP contribution in [0.1, 0.15) is 35.6 Å². The largest absolute Gasteiger partial charge is 0.326 e. The van der Waals surface area contributed by atoms with E-state index in [2.05, 4.69) is 10.4 Å². The summed E-state index contributed by atoms with van der Waals surface area (Å²) in [6.07, 6.45) is 0.815. The van der Waals surface area contributed by atoms with Gasteiger partial charge in [-0.1, -0.05) is 19.1 Å². The van der Waals surface area contributed by atoms with Crippen molar-refractivity contribution in [3.63, 3.8) is 0 Å². The van der Waals surface area contributed by atoms with Gasteiger partial charge in [0.15, 0.2) is 0 Å². The Morgan fingerprint density at radius 2 is 2.15 bits per heavy atom. The molecule has 1 amide bonds. The third-order valence-corrected chi connectivity index (χ3v) is 3.15. The third-order valence-electron chi connectivity index (χ3n) is 3.15. The number of nitrogens with zero attached hydrogens (tertiary/aromatic N) is 2. The molecule has 0 radical (unpaired) electrons. The number of carbonyl (C=O) groups is 1. The van der Waals surface area contributed by atoms with Crippen LogP contribution < -0.4 is 11.1 Å². The fourth-order valence-electron chi connectivity index (χ4n) is 2.04. The van der Waals surface area contributed by atoms with E-state index in [1.165, 1.54) is 0 Å². The zero-order chi connectivity index (χ0) is 14.5. The van der Waals surface area contributed by atoms with Gasteiger partial charge in [0, 0.05) is 18.8 Å². The van der Waals surface area contributed by atoms with Gasteiger partial charge in [0.05, 0.1) is 5.69 Å². The van der Waals surface area contributed by atoms with Crippen molar-refractivity contribution in [3.8, 4) is 0 Å². The predicted molar refractivity (Wildman–Crippen MR) is 79.6 cm³/mol. The van der Waals surface area contributed by atoms with Crippen LogP contribution in [0.4, 0.5) is 5.69 Å². The molecule has 0 saturated heterocycles. The van der Waals surface area contributed by atoms with Gasteiger partial charge in [0.2, 0.25) is 0 Å². The SMILES string of the molecule is CCc1cc(C(=O)Nc2cccc(CN)c2)n(CC)n1. The number of aromatic nitrogens is 2. The minimum absolute atomic E-state index is 0.145. The molecule has 0 aliphatic heterocycles. The summed E-state index contributed by atoms with van der Waals surface area (Å²) in [6, 6.07) is 9.38. The van der Waals surface area contributed by atoms with E-state index in [1.807, 2.05) is 44.2 Å². The first-order valence-corrected chi connectivity index (χ1v) is 6.85. The molecule has 1 aromatic carbocycles. The predicted octanol–water partition coefficient (Wildman–Crippen LogP) is 2.18. The molecule has 0 unspecified atom stereocenters. The summed E-state index contributed by atoms with van der Waals surface area (Å²) < 4.78 is 1.72. The van der Waals surface area contributed by atoms with Crippen LogP contribution in [0.5, 0.6) is 0 Å².